The number of nitriles is 1. The number of halogens is 1. The Labute approximate surface area is 164 Å². The number of aryl methyl sites for hydroxylation is 1. The average Bonchev–Trinajstić information content (AvgIpc) is 3.22. The second kappa shape index (κ2) is 6.34. The maximum Gasteiger partial charge on any atom is 0.183 e. The molecule has 0 saturated carbocycles. The van der Waals surface area contributed by atoms with Gasteiger partial charge in [-0.25, -0.2) is 9.97 Å². The van der Waals surface area contributed by atoms with Gasteiger partial charge in [-0.1, -0.05) is 11.6 Å². The monoisotopic (exact) mass is 394 g/mol. The van der Waals surface area contributed by atoms with Crippen LogP contribution in [0.15, 0.2) is 18.3 Å². The summed E-state index contributed by atoms with van der Waals surface area (Å²) >= 11 is 8.05. The first-order valence-electron chi connectivity index (χ1n) is 8.18. The zero-order chi connectivity index (χ0) is 19.3. The quantitative estimate of drug-likeness (QED) is 0.509. The van der Waals surface area contributed by atoms with Crippen molar-refractivity contribution in [1.82, 2.24) is 20.2 Å². The SMILES string of the molecule is Cc1sc(-c2nc(N)c(C#N)nc2-c2cc(Cl)c3[nH]ncc3c2)c(C)c1C. The fraction of sp³-hybridized carbons (Fsp3) is 0.158. The van der Waals surface area contributed by atoms with Gasteiger partial charge in [0.05, 0.1) is 27.3 Å². The van der Waals surface area contributed by atoms with Gasteiger partial charge in [-0.05, 0) is 44.0 Å². The molecule has 134 valence electrons. The summed E-state index contributed by atoms with van der Waals surface area (Å²) in [5.41, 5.74) is 11.2. The van der Waals surface area contributed by atoms with Crippen molar-refractivity contribution in [2.45, 2.75) is 20.8 Å². The Hall–Kier alpha value is -2.95. The summed E-state index contributed by atoms with van der Waals surface area (Å²) in [5, 5.41) is 17.7. The summed E-state index contributed by atoms with van der Waals surface area (Å²) in [4.78, 5) is 11.3. The third kappa shape index (κ3) is 2.74. The number of aromatic amines is 1. The molecule has 3 aromatic heterocycles. The fourth-order valence-electron chi connectivity index (χ4n) is 3.01. The minimum Gasteiger partial charge on any atom is -0.381 e. The Bertz CT molecular complexity index is 1250. The molecule has 0 atom stereocenters. The Morgan fingerprint density at radius 2 is 1.93 bits per heavy atom. The molecule has 8 heteroatoms. The molecule has 0 spiro atoms. The van der Waals surface area contributed by atoms with Crippen molar-refractivity contribution >= 4 is 39.7 Å². The van der Waals surface area contributed by atoms with Crippen molar-refractivity contribution in [2.75, 3.05) is 5.73 Å². The van der Waals surface area contributed by atoms with Gasteiger partial charge in [-0.2, -0.15) is 10.4 Å². The molecule has 3 heterocycles. The first kappa shape index (κ1) is 17.5. The van der Waals surface area contributed by atoms with E-state index >= 15 is 0 Å². The van der Waals surface area contributed by atoms with Gasteiger partial charge < -0.3 is 5.73 Å². The second-order valence-electron chi connectivity index (χ2n) is 6.30. The van der Waals surface area contributed by atoms with Crippen molar-refractivity contribution in [1.29, 1.82) is 5.26 Å². The van der Waals surface area contributed by atoms with Crippen LogP contribution < -0.4 is 5.73 Å². The smallest absolute Gasteiger partial charge is 0.183 e. The van der Waals surface area contributed by atoms with Crippen molar-refractivity contribution in [3.63, 3.8) is 0 Å². The third-order valence-corrected chi connectivity index (χ3v) is 6.32. The number of nitrogen functional groups attached to an aromatic ring is 1. The Kier molecular flexibility index (Phi) is 4.10. The molecular formula is C19H15ClN6S. The molecule has 0 bridgehead atoms. The van der Waals surface area contributed by atoms with Gasteiger partial charge in [0.25, 0.3) is 0 Å². The van der Waals surface area contributed by atoms with Crippen LogP contribution in [0.5, 0.6) is 0 Å². The molecular weight excluding hydrogens is 380 g/mol. The van der Waals surface area contributed by atoms with Crippen LogP contribution in [0.4, 0.5) is 5.82 Å². The van der Waals surface area contributed by atoms with E-state index in [2.05, 4.69) is 40.9 Å². The van der Waals surface area contributed by atoms with E-state index in [1.165, 1.54) is 10.4 Å². The lowest BCUT2D eigenvalue weighted by molar-refractivity contribution is 1.12. The third-order valence-electron chi connectivity index (χ3n) is 4.70. The van der Waals surface area contributed by atoms with Gasteiger partial charge in [-0.3, -0.25) is 5.10 Å². The summed E-state index contributed by atoms with van der Waals surface area (Å²) in [7, 11) is 0. The average molecular weight is 395 g/mol. The highest BCUT2D eigenvalue weighted by atomic mass is 35.5. The molecule has 0 radical (unpaired) electrons. The van der Waals surface area contributed by atoms with E-state index in [1.54, 1.807) is 23.6 Å². The normalized spacial score (nSPS) is 11.1. The van der Waals surface area contributed by atoms with Gasteiger partial charge in [0.2, 0.25) is 0 Å². The van der Waals surface area contributed by atoms with E-state index < -0.39 is 0 Å². The minimum absolute atomic E-state index is 0.0971. The zero-order valence-electron chi connectivity index (χ0n) is 14.9. The highest BCUT2D eigenvalue weighted by Gasteiger charge is 2.21. The minimum atomic E-state index is 0.0971. The number of hydrogen-bond acceptors (Lipinski definition) is 6. The number of fused-ring (bicyclic) bond motifs is 1. The summed E-state index contributed by atoms with van der Waals surface area (Å²) in [6, 6.07) is 5.75. The van der Waals surface area contributed by atoms with Gasteiger partial charge in [0.15, 0.2) is 11.5 Å². The van der Waals surface area contributed by atoms with Crippen LogP contribution in [0, 0.1) is 32.1 Å². The van der Waals surface area contributed by atoms with E-state index in [1.807, 2.05) is 12.1 Å². The molecule has 0 aliphatic carbocycles. The van der Waals surface area contributed by atoms with Crippen LogP contribution in [0.3, 0.4) is 0 Å². The molecule has 0 aliphatic heterocycles. The molecule has 27 heavy (non-hydrogen) atoms. The van der Waals surface area contributed by atoms with Gasteiger partial charge in [0.1, 0.15) is 11.8 Å². The number of nitrogens with zero attached hydrogens (tertiary/aromatic N) is 4. The van der Waals surface area contributed by atoms with Crippen LogP contribution in [-0.2, 0) is 0 Å². The van der Waals surface area contributed by atoms with Crippen LogP contribution >= 0.6 is 22.9 Å². The molecule has 0 fully saturated rings. The highest BCUT2D eigenvalue weighted by molar-refractivity contribution is 7.15. The number of benzene rings is 1. The van der Waals surface area contributed by atoms with Crippen LogP contribution in [-0.4, -0.2) is 20.2 Å². The van der Waals surface area contributed by atoms with E-state index in [9.17, 15) is 5.26 Å². The molecule has 6 nitrogen and oxygen atoms in total. The standard InChI is InChI=1S/C19H15ClN6S/c1-8-9(2)18(27-10(8)3)17-16(24-14(6-21)19(22)25-17)11-4-12-7-23-26-15(12)13(20)5-11/h4-5,7H,1-3H3,(H2,22,25)(H,23,26). The number of H-pyrrole nitrogens is 1. The number of aromatic nitrogens is 4. The van der Waals surface area contributed by atoms with E-state index in [-0.39, 0.29) is 11.5 Å². The van der Waals surface area contributed by atoms with Gasteiger partial charge in [-0.15, -0.1) is 11.3 Å². The molecule has 0 aliphatic rings. The van der Waals surface area contributed by atoms with E-state index in [0.717, 1.165) is 26.9 Å². The summed E-state index contributed by atoms with van der Waals surface area (Å²) < 4.78 is 0. The topological polar surface area (TPSA) is 104 Å². The second-order valence-corrected chi connectivity index (χ2v) is 7.93. The molecule has 3 N–H and O–H groups in total. The fourth-order valence-corrected chi connectivity index (χ4v) is 4.43. The van der Waals surface area contributed by atoms with Crippen molar-refractivity contribution in [2.24, 2.45) is 0 Å². The van der Waals surface area contributed by atoms with Crippen molar-refractivity contribution in [3.8, 4) is 27.9 Å². The van der Waals surface area contributed by atoms with E-state index in [4.69, 9.17) is 17.3 Å². The molecule has 0 saturated heterocycles. The lowest BCUT2D eigenvalue weighted by atomic mass is 10.0. The number of thiophene rings is 1. The number of anilines is 1. The zero-order valence-corrected chi connectivity index (χ0v) is 16.5. The first-order valence-corrected chi connectivity index (χ1v) is 9.37. The molecule has 4 rings (SSSR count). The molecule has 4 aromatic rings. The van der Waals surface area contributed by atoms with Gasteiger partial charge >= 0.3 is 0 Å². The van der Waals surface area contributed by atoms with Crippen molar-refractivity contribution in [3.05, 3.63) is 45.1 Å². The Morgan fingerprint density at radius 1 is 1.15 bits per heavy atom. The number of nitrogens with two attached hydrogens (primary N) is 1. The maximum atomic E-state index is 9.38. The summed E-state index contributed by atoms with van der Waals surface area (Å²) in [5.74, 6) is 0.120. The Balaban J connectivity index is 2.06. The van der Waals surface area contributed by atoms with Crippen molar-refractivity contribution < 1.29 is 0 Å². The van der Waals surface area contributed by atoms with Crippen LogP contribution in [0.25, 0.3) is 32.7 Å². The first-order chi connectivity index (χ1) is 12.9. The van der Waals surface area contributed by atoms with Crippen LogP contribution in [0.2, 0.25) is 5.02 Å². The van der Waals surface area contributed by atoms with E-state index in [0.29, 0.717) is 16.4 Å². The predicted molar refractivity (Wildman–Crippen MR) is 109 cm³/mol. The lowest BCUT2D eigenvalue weighted by Crippen LogP contribution is -2.03. The predicted octanol–water partition coefficient (Wildman–Crippen LogP) is 4.78. The summed E-state index contributed by atoms with van der Waals surface area (Å²) in [6.45, 7) is 6.21. The van der Waals surface area contributed by atoms with Crippen LogP contribution in [0.1, 0.15) is 21.7 Å². The summed E-state index contributed by atoms with van der Waals surface area (Å²) in [6.07, 6.45) is 1.70. The Morgan fingerprint density at radius 3 is 2.59 bits per heavy atom. The number of hydrogen-bond donors (Lipinski definition) is 2. The largest absolute Gasteiger partial charge is 0.381 e. The number of rotatable bonds is 2. The molecule has 0 unspecified atom stereocenters. The van der Waals surface area contributed by atoms with Gasteiger partial charge in [0, 0.05) is 15.8 Å². The lowest BCUT2D eigenvalue weighted by Gasteiger charge is -2.11. The molecule has 1 aromatic carbocycles. The number of nitrogens with one attached hydrogen (secondary N) is 1. The molecule has 0 amide bonds. The highest BCUT2D eigenvalue weighted by Crippen LogP contribution is 2.40. The maximum absolute atomic E-state index is 9.38.